The van der Waals surface area contributed by atoms with Gasteiger partial charge < -0.3 is 10.1 Å². The normalized spacial score (nSPS) is 12.5. The van der Waals surface area contributed by atoms with E-state index >= 15 is 0 Å². The maximum absolute atomic E-state index is 13.0. The number of likely N-dealkylation sites (N-methyl/N-ethyl adjacent to an activating group) is 1. The van der Waals surface area contributed by atoms with E-state index in [9.17, 15) is 18.0 Å². The Morgan fingerprint density at radius 2 is 1.75 bits per heavy atom. The summed E-state index contributed by atoms with van der Waals surface area (Å²) in [6, 6.07) is 12.5. The smallest absolute Gasteiger partial charge is 0.338 e. The third-order valence-corrected chi connectivity index (χ3v) is 5.59. The van der Waals surface area contributed by atoms with Crippen LogP contribution in [0.2, 0.25) is 0 Å². The molecule has 150 valence electrons. The molecule has 0 radical (unpaired) electrons. The number of nitrogens with one attached hydrogen (secondary N) is 1. The second-order valence-electron chi connectivity index (χ2n) is 6.28. The molecule has 1 amide bonds. The van der Waals surface area contributed by atoms with Gasteiger partial charge in [0, 0.05) is 12.7 Å². The average molecular weight is 404 g/mol. The summed E-state index contributed by atoms with van der Waals surface area (Å²) in [4.78, 5) is 25.1. The molecule has 0 bridgehead atoms. The molecule has 2 aromatic rings. The van der Waals surface area contributed by atoms with Gasteiger partial charge in [-0.05, 0) is 37.1 Å². The van der Waals surface area contributed by atoms with Crippen molar-refractivity contribution >= 4 is 27.6 Å². The second kappa shape index (κ2) is 8.99. The topological polar surface area (TPSA) is 92.8 Å². The van der Waals surface area contributed by atoms with Crippen molar-refractivity contribution in [1.29, 1.82) is 0 Å². The van der Waals surface area contributed by atoms with Crippen molar-refractivity contribution in [3.05, 3.63) is 65.2 Å². The Labute approximate surface area is 165 Å². The highest BCUT2D eigenvalue weighted by atomic mass is 32.2. The van der Waals surface area contributed by atoms with Gasteiger partial charge in [-0.25, -0.2) is 13.2 Å². The molecule has 7 nitrogen and oxygen atoms in total. The molecule has 0 unspecified atom stereocenters. The van der Waals surface area contributed by atoms with Gasteiger partial charge in [-0.1, -0.05) is 36.4 Å². The fourth-order valence-corrected chi connectivity index (χ4v) is 3.36. The van der Waals surface area contributed by atoms with Gasteiger partial charge in [-0.2, -0.15) is 4.31 Å². The van der Waals surface area contributed by atoms with Gasteiger partial charge in [-0.3, -0.25) is 4.79 Å². The lowest BCUT2D eigenvalue weighted by molar-refractivity contribution is -0.119. The number of nitrogens with zero attached hydrogens (tertiary/aromatic N) is 1. The zero-order valence-corrected chi connectivity index (χ0v) is 17.1. The van der Waals surface area contributed by atoms with E-state index in [1.807, 2.05) is 0 Å². The summed E-state index contributed by atoms with van der Waals surface area (Å²) in [5.74, 6) is -1.01. The number of hydrogen-bond acceptors (Lipinski definition) is 5. The van der Waals surface area contributed by atoms with Crippen LogP contribution in [0.1, 0.15) is 34.5 Å². The van der Waals surface area contributed by atoms with Crippen LogP contribution in [-0.4, -0.2) is 44.5 Å². The Bertz CT molecular complexity index is 958. The van der Waals surface area contributed by atoms with E-state index in [0.717, 1.165) is 10.6 Å². The molecule has 0 saturated carbocycles. The van der Waals surface area contributed by atoms with E-state index in [2.05, 4.69) is 5.32 Å². The summed E-state index contributed by atoms with van der Waals surface area (Å²) in [6.45, 7) is 3.65. The highest BCUT2D eigenvalue weighted by molar-refractivity contribution is 7.88. The predicted octanol–water partition coefficient (Wildman–Crippen LogP) is 2.74. The molecule has 0 aliphatic carbocycles. The van der Waals surface area contributed by atoms with Crippen molar-refractivity contribution in [3.63, 3.8) is 0 Å². The summed E-state index contributed by atoms with van der Waals surface area (Å²) in [7, 11) is -2.27. The van der Waals surface area contributed by atoms with Crippen LogP contribution in [0.5, 0.6) is 0 Å². The molecular formula is C20H24N2O5S. The van der Waals surface area contributed by atoms with Crippen LogP contribution in [0.3, 0.4) is 0 Å². The number of anilines is 1. The number of sulfonamides is 1. The summed E-state index contributed by atoms with van der Waals surface area (Å²) in [5, 5.41) is 2.75. The number of esters is 1. The van der Waals surface area contributed by atoms with Crippen LogP contribution in [0.25, 0.3) is 0 Å². The van der Waals surface area contributed by atoms with Crippen molar-refractivity contribution in [2.45, 2.75) is 19.9 Å². The lowest BCUT2D eigenvalue weighted by atomic mass is 10.0. The number of rotatable bonds is 7. The summed E-state index contributed by atoms with van der Waals surface area (Å²) >= 11 is 0. The molecule has 28 heavy (non-hydrogen) atoms. The Morgan fingerprint density at radius 1 is 1.11 bits per heavy atom. The molecule has 0 fully saturated rings. The summed E-state index contributed by atoms with van der Waals surface area (Å²) in [6.07, 6.45) is 1.04. The molecule has 0 aliphatic rings. The summed E-state index contributed by atoms with van der Waals surface area (Å²) < 4.78 is 30.2. The van der Waals surface area contributed by atoms with Gasteiger partial charge in [-0.15, -0.1) is 0 Å². The van der Waals surface area contributed by atoms with Gasteiger partial charge in [0.05, 0.1) is 18.4 Å². The monoisotopic (exact) mass is 404 g/mol. The van der Waals surface area contributed by atoms with E-state index < -0.39 is 27.9 Å². The molecule has 0 aliphatic heterocycles. The fourth-order valence-electron chi connectivity index (χ4n) is 2.76. The number of amides is 1. The number of carbonyl (C=O) groups is 2. The third kappa shape index (κ3) is 4.96. The fraction of sp³-hybridized carbons (Fsp3) is 0.300. The SMILES string of the molecule is CCOC(=O)c1cccc(NC(=O)[C@@H](c2ccccc2)N(C)S(C)(=O)=O)c1C. The number of hydrogen-bond donors (Lipinski definition) is 1. The Balaban J connectivity index is 2.39. The standard InChI is InChI=1S/C20H24N2O5S/c1-5-27-20(24)16-12-9-13-17(14(16)2)21-19(23)18(22(3)28(4,25)26)15-10-7-6-8-11-15/h6-13,18H,5H2,1-4H3,(H,21,23)/t18-/m1/s1. The highest BCUT2D eigenvalue weighted by Crippen LogP contribution is 2.26. The van der Waals surface area contributed by atoms with Gasteiger partial charge in [0.2, 0.25) is 15.9 Å². The van der Waals surface area contributed by atoms with Crippen molar-refractivity contribution in [2.75, 3.05) is 25.2 Å². The minimum absolute atomic E-state index is 0.240. The summed E-state index contributed by atoms with van der Waals surface area (Å²) in [5.41, 5.74) is 1.83. The predicted molar refractivity (Wildman–Crippen MR) is 108 cm³/mol. The van der Waals surface area contributed by atoms with E-state index in [4.69, 9.17) is 4.74 Å². The lowest BCUT2D eigenvalue weighted by Gasteiger charge is -2.26. The molecular weight excluding hydrogens is 380 g/mol. The van der Waals surface area contributed by atoms with Gasteiger partial charge in [0.25, 0.3) is 0 Å². The minimum atomic E-state index is -3.63. The second-order valence-corrected chi connectivity index (χ2v) is 8.32. The van der Waals surface area contributed by atoms with E-state index in [0.29, 0.717) is 22.4 Å². The average Bonchev–Trinajstić information content (AvgIpc) is 2.64. The first-order valence-electron chi connectivity index (χ1n) is 8.72. The lowest BCUT2D eigenvalue weighted by Crippen LogP contribution is -2.38. The van der Waals surface area contributed by atoms with Gasteiger partial charge in [0.15, 0.2) is 0 Å². The maximum atomic E-state index is 13.0. The van der Waals surface area contributed by atoms with E-state index in [1.165, 1.54) is 7.05 Å². The molecule has 1 atom stereocenters. The van der Waals surface area contributed by atoms with Gasteiger partial charge >= 0.3 is 5.97 Å². The zero-order chi connectivity index (χ0) is 20.9. The largest absolute Gasteiger partial charge is 0.462 e. The van der Waals surface area contributed by atoms with E-state index in [1.54, 1.807) is 62.4 Å². The van der Waals surface area contributed by atoms with Crippen LogP contribution in [0.15, 0.2) is 48.5 Å². The van der Waals surface area contributed by atoms with Crippen molar-refractivity contribution in [1.82, 2.24) is 4.31 Å². The quantitative estimate of drug-likeness (QED) is 0.717. The van der Waals surface area contributed by atoms with Gasteiger partial charge in [0.1, 0.15) is 6.04 Å². The highest BCUT2D eigenvalue weighted by Gasteiger charge is 2.31. The Morgan fingerprint density at radius 3 is 2.32 bits per heavy atom. The first-order valence-corrected chi connectivity index (χ1v) is 10.6. The van der Waals surface area contributed by atoms with Crippen LogP contribution >= 0.6 is 0 Å². The number of ether oxygens (including phenoxy) is 1. The van der Waals surface area contributed by atoms with Crippen molar-refractivity contribution in [2.24, 2.45) is 0 Å². The van der Waals surface area contributed by atoms with Crippen molar-refractivity contribution in [3.8, 4) is 0 Å². The molecule has 2 rings (SSSR count). The molecule has 8 heteroatoms. The zero-order valence-electron chi connectivity index (χ0n) is 16.3. The van der Waals surface area contributed by atoms with Crippen LogP contribution in [0.4, 0.5) is 5.69 Å². The molecule has 0 aromatic heterocycles. The van der Waals surface area contributed by atoms with E-state index in [-0.39, 0.29) is 6.61 Å². The number of carbonyl (C=O) groups excluding carboxylic acids is 2. The first-order chi connectivity index (χ1) is 13.2. The number of benzene rings is 2. The molecule has 1 N–H and O–H groups in total. The first kappa shape index (κ1) is 21.6. The molecule has 2 aromatic carbocycles. The molecule has 0 saturated heterocycles. The van der Waals surface area contributed by atoms with Crippen molar-refractivity contribution < 1.29 is 22.7 Å². The third-order valence-electron chi connectivity index (χ3n) is 4.34. The maximum Gasteiger partial charge on any atom is 0.338 e. The minimum Gasteiger partial charge on any atom is -0.462 e. The Hall–Kier alpha value is -2.71. The van der Waals surface area contributed by atoms with Crippen LogP contribution in [0, 0.1) is 6.92 Å². The van der Waals surface area contributed by atoms with Crippen LogP contribution < -0.4 is 5.32 Å². The van der Waals surface area contributed by atoms with Crippen LogP contribution in [-0.2, 0) is 19.6 Å². The Kier molecular flexibility index (Phi) is 6.93. The molecule has 0 heterocycles. The molecule has 0 spiro atoms.